The SMILES string of the molecule is CCN1CCc2nc3ccccc3c(C(=O)NCC(c3ccc(C)o3)N3CCOCC3)c2C1. The zero-order valence-corrected chi connectivity index (χ0v) is 19.5. The lowest BCUT2D eigenvalue weighted by molar-refractivity contribution is 0.0117. The molecular weight excluding hydrogens is 416 g/mol. The van der Waals surface area contributed by atoms with Crippen LogP contribution >= 0.6 is 0 Å². The summed E-state index contributed by atoms with van der Waals surface area (Å²) in [5.41, 5.74) is 3.77. The molecule has 0 saturated carbocycles. The molecule has 0 bridgehead atoms. The zero-order chi connectivity index (χ0) is 22.8. The molecule has 7 nitrogen and oxygen atoms in total. The fourth-order valence-electron chi connectivity index (χ4n) is 4.98. The Balaban J connectivity index is 1.45. The Hall–Kier alpha value is -2.74. The van der Waals surface area contributed by atoms with Crippen molar-refractivity contribution in [2.75, 3.05) is 45.9 Å². The van der Waals surface area contributed by atoms with Crippen molar-refractivity contribution in [2.45, 2.75) is 32.9 Å². The second kappa shape index (κ2) is 9.63. The van der Waals surface area contributed by atoms with Gasteiger partial charge in [0.05, 0.1) is 30.3 Å². The third-order valence-corrected chi connectivity index (χ3v) is 6.83. The average molecular weight is 449 g/mol. The summed E-state index contributed by atoms with van der Waals surface area (Å²) >= 11 is 0. The molecule has 5 rings (SSSR count). The first kappa shape index (κ1) is 22.1. The maximum absolute atomic E-state index is 13.7. The van der Waals surface area contributed by atoms with Gasteiger partial charge < -0.3 is 14.5 Å². The van der Waals surface area contributed by atoms with E-state index in [4.69, 9.17) is 14.1 Å². The smallest absolute Gasteiger partial charge is 0.252 e. The molecule has 1 saturated heterocycles. The minimum atomic E-state index is -0.0376. The van der Waals surface area contributed by atoms with Crippen LogP contribution < -0.4 is 5.32 Å². The van der Waals surface area contributed by atoms with E-state index >= 15 is 0 Å². The quantitative estimate of drug-likeness (QED) is 0.624. The summed E-state index contributed by atoms with van der Waals surface area (Å²) in [5.74, 6) is 1.72. The molecule has 1 fully saturated rings. The predicted molar refractivity (Wildman–Crippen MR) is 127 cm³/mol. The summed E-state index contributed by atoms with van der Waals surface area (Å²) in [4.78, 5) is 23.3. The van der Waals surface area contributed by atoms with Crippen LogP contribution in [0, 0.1) is 6.92 Å². The Bertz CT molecular complexity index is 1140. The van der Waals surface area contributed by atoms with E-state index in [1.807, 2.05) is 43.3 Å². The molecule has 1 N–H and O–H groups in total. The number of amides is 1. The molecule has 1 unspecified atom stereocenters. The highest BCUT2D eigenvalue weighted by Crippen LogP contribution is 2.29. The number of furan rings is 1. The fourth-order valence-corrected chi connectivity index (χ4v) is 4.98. The molecule has 33 heavy (non-hydrogen) atoms. The maximum Gasteiger partial charge on any atom is 0.252 e. The Kier molecular flexibility index (Phi) is 6.44. The number of carbonyl (C=O) groups excluding carboxylic acids is 1. The van der Waals surface area contributed by atoms with Crippen molar-refractivity contribution in [2.24, 2.45) is 0 Å². The number of fused-ring (bicyclic) bond motifs is 2. The van der Waals surface area contributed by atoms with Crippen LogP contribution in [-0.2, 0) is 17.7 Å². The van der Waals surface area contributed by atoms with Crippen molar-refractivity contribution >= 4 is 16.8 Å². The van der Waals surface area contributed by atoms with Crippen LogP contribution in [0.4, 0.5) is 0 Å². The number of rotatable bonds is 6. The topological polar surface area (TPSA) is 70.8 Å². The van der Waals surface area contributed by atoms with E-state index in [0.717, 1.165) is 78.4 Å². The minimum Gasteiger partial charge on any atom is -0.465 e. The molecular formula is C26H32N4O3. The van der Waals surface area contributed by atoms with Gasteiger partial charge in [-0.05, 0) is 31.7 Å². The standard InChI is InChI=1S/C26H32N4O3/c1-3-29-11-10-22-20(17-29)25(19-6-4-5-7-21(19)28-22)26(31)27-16-23(24-9-8-18(2)33-24)30-12-14-32-15-13-30/h4-9,23H,3,10-17H2,1-2H3,(H,27,31). The molecule has 2 aromatic heterocycles. The van der Waals surface area contributed by atoms with E-state index in [0.29, 0.717) is 19.8 Å². The highest BCUT2D eigenvalue weighted by molar-refractivity contribution is 6.07. The van der Waals surface area contributed by atoms with E-state index in [1.165, 1.54) is 0 Å². The highest BCUT2D eigenvalue weighted by atomic mass is 16.5. The molecule has 1 atom stereocenters. The van der Waals surface area contributed by atoms with Crippen LogP contribution in [0.15, 0.2) is 40.8 Å². The number of ether oxygens (including phenoxy) is 1. The number of hydrogen-bond donors (Lipinski definition) is 1. The van der Waals surface area contributed by atoms with Crippen LogP contribution in [0.3, 0.4) is 0 Å². The molecule has 1 amide bonds. The molecule has 1 aromatic carbocycles. The summed E-state index contributed by atoms with van der Waals surface area (Å²) in [6.45, 7) is 10.3. The van der Waals surface area contributed by atoms with Crippen LogP contribution in [-0.4, -0.2) is 66.6 Å². The lowest BCUT2D eigenvalue weighted by atomic mass is 9.95. The Labute approximate surface area is 194 Å². The van der Waals surface area contributed by atoms with Crippen molar-refractivity contribution < 1.29 is 13.9 Å². The van der Waals surface area contributed by atoms with Gasteiger partial charge in [0.1, 0.15) is 11.5 Å². The van der Waals surface area contributed by atoms with Gasteiger partial charge in [-0.2, -0.15) is 0 Å². The number of morpholine rings is 1. The first-order valence-electron chi connectivity index (χ1n) is 11.9. The number of aromatic nitrogens is 1. The van der Waals surface area contributed by atoms with Gasteiger partial charge in [0, 0.05) is 55.8 Å². The maximum atomic E-state index is 13.7. The van der Waals surface area contributed by atoms with Crippen molar-refractivity contribution in [1.29, 1.82) is 0 Å². The van der Waals surface area contributed by atoms with Crippen LogP contribution in [0.25, 0.3) is 10.9 Å². The number of para-hydroxylation sites is 1. The van der Waals surface area contributed by atoms with Crippen LogP contribution in [0.2, 0.25) is 0 Å². The largest absolute Gasteiger partial charge is 0.465 e. The molecule has 0 spiro atoms. The molecule has 0 aliphatic carbocycles. The third kappa shape index (κ3) is 4.53. The normalized spacial score (nSPS) is 18.2. The Morgan fingerprint density at radius 3 is 2.73 bits per heavy atom. The molecule has 0 radical (unpaired) electrons. The van der Waals surface area contributed by atoms with Gasteiger partial charge >= 0.3 is 0 Å². The van der Waals surface area contributed by atoms with Crippen molar-refractivity contribution in [3.8, 4) is 0 Å². The average Bonchev–Trinajstić information content (AvgIpc) is 3.28. The van der Waals surface area contributed by atoms with Gasteiger partial charge in [0.25, 0.3) is 5.91 Å². The first-order chi connectivity index (χ1) is 16.1. The number of nitrogens with zero attached hydrogens (tertiary/aromatic N) is 3. The summed E-state index contributed by atoms with van der Waals surface area (Å²) in [7, 11) is 0. The molecule has 2 aliphatic heterocycles. The highest BCUT2D eigenvalue weighted by Gasteiger charge is 2.28. The predicted octanol–water partition coefficient (Wildman–Crippen LogP) is 3.32. The molecule has 2 aliphatic rings. The Morgan fingerprint density at radius 2 is 1.97 bits per heavy atom. The molecule has 3 aromatic rings. The second-order valence-electron chi connectivity index (χ2n) is 8.87. The van der Waals surface area contributed by atoms with Crippen LogP contribution in [0.5, 0.6) is 0 Å². The number of aryl methyl sites for hydroxylation is 1. The van der Waals surface area contributed by atoms with Gasteiger partial charge in [-0.3, -0.25) is 19.6 Å². The lowest BCUT2D eigenvalue weighted by Gasteiger charge is -2.33. The fraction of sp³-hybridized carbons (Fsp3) is 0.462. The van der Waals surface area contributed by atoms with Gasteiger partial charge in [0.2, 0.25) is 0 Å². The van der Waals surface area contributed by atoms with Gasteiger partial charge in [-0.1, -0.05) is 25.1 Å². The van der Waals surface area contributed by atoms with Gasteiger partial charge in [-0.25, -0.2) is 0 Å². The second-order valence-corrected chi connectivity index (χ2v) is 8.87. The van der Waals surface area contributed by atoms with E-state index < -0.39 is 0 Å². The summed E-state index contributed by atoms with van der Waals surface area (Å²) in [6, 6.07) is 12.0. The number of hydrogen-bond acceptors (Lipinski definition) is 6. The van der Waals surface area contributed by atoms with E-state index in [9.17, 15) is 4.79 Å². The van der Waals surface area contributed by atoms with E-state index in [1.54, 1.807) is 0 Å². The van der Waals surface area contributed by atoms with Gasteiger partial charge in [-0.15, -0.1) is 0 Å². The summed E-state index contributed by atoms with van der Waals surface area (Å²) < 4.78 is 11.5. The number of nitrogens with one attached hydrogen (secondary N) is 1. The van der Waals surface area contributed by atoms with E-state index in [2.05, 4.69) is 22.0 Å². The van der Waals surface area contributed by atoms with E-state index in [-0.39, 0.29) is 11.9 Å². The summed E-state index contributed by atoms with van der Waals surface area (Å²) in [6.07, 6.45) is 0.871. The number of carbonyl (C=O) groups is 1. The zero-order valence-electron chi connectivity index (χ0n) is 19.5. The van der Waals surface area contributed by atoms with Crippen molar-refractivity contribution in [1.82, 2.24) is 20.1 Å². The van der Waals surface area contributed by atoms with Crippen molar-refractivity contribution in [3.05, 3.63) is 64.7 Å². The number of benzene rings is 1. The third-order valence-electron chi connectivity index (χ3n) is 6.83. The van der Waals surface area contributed by atoms with Crippen molar-refractivity contribution in [3.63, 3.8) is 0 Å². The Morgan fingerprint density at radius 1 is 1.15 bits per heavy atom. The minimum absolute atomic E-state index is 0.0254. The summed E-state index contributed by atoms with van der Waals surface area (Å²) in [5, 5.41) is 4.17. The molecule has 4 heterocycles. The molecule has 174 valence electrons. The lowest BCUT2D eigenvalue weighted by Crippen LogP contribution is -2.44. The monoisotopic (exact) mass is 448 g/mol. The number of pyridine rings is 1. The van der Waals surface area contributed by atoms with Gasteiger partial charge in [0.15, 0.2) is 0 Å². The molecule has 7 heteroatoms. The first-order valence-corrected chi connectivity index (χ1v) is 11.9. The number of likely N-dealkylation sites (N-methyl/N-ethyl adjacent to an activating group) is 1. The van der Waals surface area contributed by atoms with Crippen LogP contribution in [0.1, 0.15) is 46.1 Å².